The highest BCUT2D eigenvalue weighted by Gasteiger charge is 2.24. The number of hydrogen-bond donors (Lipinski definition) is 2. The van der Waals surface area contributed by atoms with Crippen molar-refractivity contribution in [1.82, 2.24) is 14.9 Å². The number of non-ortho nitro benzene ring substituents is 1. The number of β-amino-alcohol motifs (C(OH)–C–C–N with tert-alkyl or cyclic N) is 1. The maximum absolute atomic E-state index is 10.8. The second-order valence-electron chi connectivity index (χ2n) is 6.29. The van der Waals surface area contributed by atoms with Crippen LogP contribution in [0.1, 0.15) is 24.6 Å². The largest absolute Gasteiger partial charge is 0.491 e. The molecule has 1 aromatic heterocycles. The number of nitro benzene ring substituents is 1. The number of rotatable bonds is 7. The van der Waals surface area contributed by atoms with Crippen LogP contribution in [-0.2, 0) is 0 Å². The van der Waals surface area contributed by atoms with Crippen molar-refractivity contribution < 1.29 is 14.8 Å². The Kier molecular flexibility index (Phi) is 5.62. The van der Waals surface area contributed by atoms with Gasteiger partial charge in [-0.3, -0.25) is 15.0 Å². The van der Waals surface area contributed by atoms with E-state index in [1.54, 1.807) is 18.3 Å². The van der Waals surface area contributed by atoms with Crippen LogP contribution in [0.5, 0.6) is 5.75 Å². The number of piperidine rings is 1. The minimum atomic E-state index is -0.658. The molecule has 1 aliphatic heterocycles. The Morgan fingerprint density at radius 1 is 1.52 bits per heavy atom. The summed E-state index contributed by atoms with van der Waals surface area (Å²) >= 11 is 0. The van der Waals surface area contributed by atoms with Gasteiger partial charge in [-0.1, -0.05) is 6.07 Å². The smallest absolute Gasteiger partial charge is 0.273 e. The zero-order valence-corrected chi connectivity index (χ0v) is 13.9. The number of aromatic amines is 1. The molecule has 2 unspecified atom stereocenters. The number of aromatic nitrogens is 2. The molecule has 8 heteroatoms. The SMILES string of the molecule is O=[N+]([O-])c1cccc(OCC(O)CN2CCCC(c3ncc[nH]3)C2)c1. The summed E-state index contributed by atoms with van der Waals surface area (Å²) in [6.45, 7) is 2.39. The van der Waals surface area contributed by atoms with Gasteiger partial charge < -0.3 is 14.8 Å². The molecule has 2 aromatic rings. The molecule has 1 aliphatic rings. The van der Waals surface area contributed by atoms with Gasteiger partial charge in [-0.05, 0) is 25.5 Å². The van der Waals surface area contributed by atoms with Gasteiger partial charge in [0.2, 0.25) is 0 Å². The summed E-state index contributed by atoms with van der Waals surface area (Å²) in [6.07, 6.45) is 5.08. The molecule has 0 aliphatic carbocycles. The second-order valence-corrected chi connectivity index (χ2v) is 6.29. The predicted octanol–water partition coefficient (Wildman–Crippen LogP) is 1.94. The molecule has 0 radical (unpaired) electrons. The molecule has 1 fully saturated rings. The van der Waals surface area contributed by atoms with E-state index in [9.17, 15) is 15.2 Å². The third kappa shape index (κ3) is 4.77. The molecule has 25 heavy (non-hydrogen) atoms. The summed E-state index contributed by atoms with van der Waals surface area (Å²) in [5, 5.41) is 21.0. The third-order valence-electron chi connectivity index (χ3n) is 4.35. The Bertz CT molecular complexity index is 692. The van der Waals surface area contributed by atoms with Crippen LogP contribution in [0.4, 0.5) is 5.69 Å². The number of ether oxygens (including phenoxy) is 1. The maximum atomic E-state index is 10.8. The number of H-pyrrole nitrogens is 1. The van der Waals surface area contributed by atoms with E-state index in [1.165, 1.54) is 12.1 Å². The van der Waals surface area contributed by atoms with E-state index in [1.807, 2.05) is 6.20 Å². The van der Waals surface area contributed by atoms with Crippen molar-refractivity contribution in [2.45, 2.75) is 24.9 Å². The molecule has 2 heterocycles. The Balaban J connectivity index is 1.48. The summed E-state index contributed by atoms with van der Waals surface area (Å²) < 4.78 is 5.50. The fourth-order valence-corrected chi connectivity index (χ4v) is 3.18. The first-order valence-corrected chi connectivity index (χ1v) is 8.39. The topological polar surface area (TPSA) is 105 Å². The van der Waals surface area contributed by atoms with Crippen LogP contribution < -0.4 is 4.74 Å². The first kappa shape index (κ1) is 17.4. The average Bonchev–Trinajstić information content (AvgIpc) is 3.15. The van der Waals surface area contributed by atoms with Crippen LogP contribution in [0.3, 0.4) is 0 Å². The van der Waals surface area contributed by atoms with Gasteiger partial charge in [0.15, 0.2) is 0 Å². The molecule has 1 saturated heterocycles. The van der Waals surface area contributed by atoms with Crippen molar-refractivity contribution >= 4 is 5.69 Å². The summed E-state index contributed by atoms with van der Waals surface area (Å²) in [5.74, 6) is 1.74. The number of aliphatic hydroxyl groups is 1. The zero-order valence-electron chi connectivity index (χ0n) is 13.9. The number of likely N-dealkylation sites (tertiary alicyclic amines) is 1. The van der Waals surface area contributed by atoms with Gasteiger partial charge in [0.25, 0.3) is 5.69 Å². The molecule has 0 amide bonds. The predicted molar refractivity (Wildman–Crippen MR) is 91.6 cm³/mol. The summed E-state index contributed by atoms with van der Waals surface area (Å²) in [4.78, 5) is 20.0. The molecular weight excluding hydrogens is 324 g/mol. The van der Waals surface area contributed by atoms with Gasteiger partial charge in [0.05, 0.1) is 11.0 Å². The minimum Gasteiger partial charge on any atom is -0.491 e. The van der Waals surface area contributed by atoms with Crippen molar-refractivity contribution in [3.63, 3.8) is 0 Å². The number of nitrogens with zero attached hydrogens (tertiary/aromatic N) is 3. The number of benzene rings is 1. The van der Waals surface area contributed by atoms with Crippen molar-refractivity contribution in [3.05, 3.63) is 52.6 Å². The van der Waals surface area contributed by atoms with Crippen molar-refractivity contribution in [2.24, 2.45) is 0 Å². The number of nitro groups is 1. The lowest BCUT2D eigenvalue weighted by atomic mass is 9.97. The molecule has 8 nitrogen and oxygen atoms in total. The summed E-state index contributed by atoms with van der Waals surface area (Å²) in [7, 11) is 0. The Morgan fingerprint density at radius 2 is 2.40 bits per heavy atom. The van der Waals surface area contributed by atoms with E-state index in [-0.39, 0.29) is 12.3 Å². The number of hydrogen-bond acceptors (Lipinski definition) is 6. The highest BCUT2D eigenvalue weighted by atomic mass is 16.6. The number of imidazole rings is 1. The molecule has 2 atom stereocenters. The normalized spacial score (nSPS) is 19.5. The van der Waals surface area contributed by atoms with Crippen LogP contribution in [0.2, 0.25) is 0 Å². The fourth-order valence-electron chi connectivity index (χ4n) is 3.18. The lowest BCUT2D eigenvalue weighted by Crippen LogP contribution is -2.41. The van der Waals surface area contributed by atoms with Gasteiger partial charge in [0.1, 0.15) is 24.3 Å². The van der Waals surface area contributed by atoms with Crippen LogP contribution in [0.15, 0.2) is 36.7 Å². The van der Waals surface area contributed by atoms with E-state index in [2.05, 4.69) is 14.9 Å². The number of aliphatic hydroxyl groups excluding tert-OH is 1. The highest BCUT2D eigenvalue weighted by molar-refractivity contribution is 5.37. The minimum absolute atomic E-state index is 0.0238. The first-order valence-electron chi connectivity index (χ1n) is 8.39. The van der Waals surface area contributed by atoms with Crippen LogP contribution in [0.25, 0.3) is 0 Å². The number of nitrogens with one attached hydrogen (secondary N) is 1. The van der Waals surface area contributed by atoms with Crippen molar-refractivity contribution in [3.8, 4) is 5.75 Å². The van der Waals surface area contributed by atoms with E-state index < -0.39 is 11.0 Å². The van der Waals surface area contributed by atoms with Crippen molar-refractivity contribution in [2.75, 3.05) is 26.2 Å². The maximum Gasteiger partial charge on any atom is 0.273 e. The van der Waals surface area contributed by atoms with Crippen molar-refractivity contribution in [1.29, 1.82) is 0 Å². The van der Waals surface area contributed by atoms with Gasteiger partial charge >= 0.3 is 0 Å². The fraction of sp³-hybridized carbons (Fsp3) is 0.471. The molecule has 3 rings (SSSR count). The molecule has 134 valence electrons. The van der Waals surface area contributed by atoms with Crippen LogP contribution >= 0.6 is 0 Å². The first-order chi connectivity index (χ1) is 12.1. The quantitative estimate of drug-likeness (QED) is 0.586. The van der Waals surface area contributed by atoms with Gasteiger partial charge in [-0.2, -0.15) is 0 Å². The Morgan fingerprint density at radius 3 is 3.16 bits per heavy atom. The molecular formula is C17H22N4O4. The molecule has 2 N–H and O–H groups in total. The van der Waals surface area contributed by atoms with Gasteiger partial charge in [-0.25, -0.2) is 4.98 Å². The lowest BCUT2D eigenvalue weighted by molar-refractivity contribution is -0.384. The third-order valence-corrected chi connectivity index (χ3v) is 4.35. The lowest BCUT2D eigenvalue weighted by Gasteiger charge is -2.33. The average molecular weight is 346 g/mol. The molecule has 0 spiro atoms. The van der Waals surface area contributed by atoms with Gasteiger partial charge in [0, 0.05) is 37.5 Å². The summed E-state index contributed by atoms with van der Waals surface area (Å²) in [6, 6.07) is 5.98. The molecule has 0 bridgehead atoms. The van der Waals surface area contributed by atoms with E-state index >= 15 is 0 Å². The van der Waals surface area contributed by atoms with E-state index in [0.717, 1.165) is 31.8 Å². The van der Waals surface area contributed by atoms with Crippen LogP contribution in [0, 0.1) is 10.1 Å². The monoisotopic (exact) mass is 346 g/mol. The summed E-state index contributed by atoms with van der Waals surface area (Å²) in [5.41, 5.74) is -0.0238. The second kappa shape index (κ2) is 8.09. The van der Waals surface area contributed by atoms with Gasteiger partial charge in [-0.15, -0.1) is 0 Å². The van der Waals surface area contributed by atoms with E-state index in [4.69, 9.17) is 4.74 Å². The van der Waals surface area contributed by atoms with E-state index in [0.29, 0.717) is 18.2 Å². The Hall–Kier alpha value is -2.45. The molecule has 1 aromatic carbocycles. The standard InChI is InChI=1S/C17H22N4O4/c22-15(12-25-16-5-1-4-14(9-16)21(23)24)11-20-8-2-3-13(10-20)17-18-6-7-19-17/h1,4-7,9,13,15,22H,2-3,8,10-12H2,(H,18,19). The van der Waals surface area contributed by atoms with Crippen LogP contribution in [-0.4, -0.2) is 57.2 Å². The zero-order chi connectivity index (χ0) is 17.6. The highest BCUT2D eigenvalue weighted by Crippen LogP contribution is 2.24. The Labute approximate surface area is 145 Å². The molecule has 0 saturated carbocycles.